The first-order valence-electron chi connectivity index (χ1n) is 11.0. The van der Waals surface area contributed by atoms with Crippen molar-refractivity contribution in [3.8, 4) is 0 Å². The van der Waals surface area contributed by atoms with E-state index in [9.17, 15) is 0 Å². The molecule has 4 heterocycles. The van der Waals surface area contributed by atoms with Gasteiger partial charge in [0.15, 0.2) is 5.82 Å². The van der Waals surface area contributed by atoms with Crippen LogP contribution in [0.1, 0.15) is 40.1 Å². The van der Waals surface area contributed by atoms with E-state index >= 15 is 0 Å². The van der Waals surface area contributed by atoms with Gasteiger partial charge in [0.2, 0.25) is 0 Å². The van der Waals surface area contributed by atoms with Crippen LogP contribution >= 0.6 is 11.3 Å². The highest BCUT2D eigenvalue weighted by Crippen LogP contribution is 2.34. The van der Waals surface area contributed by atoms with Crippen LogP contribution in [0.3, 0.4) is 0 Å². The summed E-state index contributed by atoms with van der Waals surface area (Å²) in [7, 11) is 0. The van der Waals surface area contributed by atoms with Crippen molar-refractivity contribution in [2.24, 2.45) is 0 Å². The molecule has 1 fully saturated rings. The van der Waals surface area contributed by atoms with Crippen molar-refractivity contribution in [2.75, 3.05) is 31.1 Å². The third-order valence-corrected chi connectivity index (χ3v) is 7.15. The largest absolute Gasteiger partial charge is 0.354 e. The van der Waals surface area contributed by atoms with Crippen LogP contribution < -0.4 is 4.90 Å². The van der Waals surface area contributed by atoms with Crippen molar-refractivity contribution in [1.29, 1.82) is 0 Å². The zero-order chi connectivity index (χ0) is 21.9. The van der Waals surface area contributed by atoms with E-state index in [2.05, 4.69) is 86.6 Å². The molecule has 4 aromatic rings. The molecule has 0 amide bonds. The Bertz CT molecular complexity index is 1130. The first kappa shape index (κ1) is 20.8. The number of benzene rings is 1. The number of aromatic nitrogens is 5. The van der Waals surface area contributed by atoms with Crippen LogP contribution in [0.25, 0.3) is 0 Å². The Morgan fingerprint density at radius 3 is 2.38 bits per heavy atom. The maximum atomic E-state index is 4.54. The van der Waals surface area contributed by atoms with E-state index in [0.717, 1.165) is 37.8 Å². The molecule has 32 heavy (non-hydrogen) atoms. The smallest absolute Gasteiger partial charge is 0.174 e. The number of hydrogen-bond acceptors (Lipinski definition) is 7. The van der Waals surface area contributed by atoms with E-state index in [1.54, 1.807) is 0 Å². The number of piperazine rings is 1. The second-order valence-electron chi connectivity index (χ2n) is 8.13. The number of tetrazole rings is 1. The number of aryl methyl sites for hydroxylation is 1. The van der Waals surface area contributed by atoms with Crippen molar-refractivity contribution < 1.29 is 0 Å². The van der Waals surface area contributed by atoms with Gasteiger partial charge in [0.05, 0.1) is 6.04 Å². The minimum absolute atomic E-state index is 0.0285. The van der Waals surface area contributed by atoms with Gasteiger partial charge in [0.25, 0.3) is 0 Å². The maximum absolute atomic E-state index is 4.54. The summed E-state index contributed by atoms with van der Waals surface area (Å²) in [5, 5.41) is 13.1. The third kappa shape index (κ3) is 4.16. The lowest BCUT2D eigenvalue weighted by molar-refractivity contribution is 0.201. The molecule has 0 N–H and O–H groups in total. The van der Waals surface area contributed by atoms with Gasteiger partial charge in [-0.15, -0.1) is 16.4 Å². The lowest BCUT2D eigenvalue weighted by Gasteiger charge is -2.39. The first-order chi connectivity index (χ1) is 15.7. The molecule has 8 heteroatoms. The molecule has 0 bridgehead atoms. The Morgan fingerprint density at radius 1 is 0.906 bits per heavy atom. The van der Waals surface area contributed by atoms with Crippen molar-refractivity contribution in [3.63, 3.8) is 0 Å². The van der Waals surface area contributed by atoms with Crippen molar-refractivity contribution in [2.45, 2.75) is 25.9 Å². The van der Waals surface area contributed by atoms with Gasteiger partial charge in [-0.1, -0.05) is 36.4 Å². The molecule has 2 atom stereocenters. The lowest BCUT2D eigenvalue weighted by Crippen LogP contribution is -2.48. The first-order valence-corrected chi connectivity index (χ1v) is 11.8. The highest BCUT2D eigenvalue weighted by Gasteiger charge is 2.33. The molecule has 2 unspecified atom stereocenters. The van der Waals surface area contributed by atoms with Gasteiger partial charge < -0.3 is 4.90 Å². The fourth-order valence-corrected chi connectivity index (χ4v) is 5.36. The summed E-state index contributed by atoms with van der Waals surface area (Å²) in [4.78, 5) is 12.0. The predicted molar refractivity (Wildman–Crippen MR) is 127 cm³/mol. The molecule has 3 aromatic heterocycles. The number of thiophene rings is 1. The number of nitrogens with zero attached hydrogens (tertiary/aromatic N) is 7. The van der Waals surface area contributed by atoms with Gasteiger partial charge in [-0.3, -0.25) is 4.90 Å². The van der Waals surface area contributed by atoms with Crippen LogP contribution in [0.15, 0.2) is 66.9 Å². The molecular weight excluding hydrogens is 418 g/mol. The Kier molecular flexibility index (Phi) is 5.96. The molecule has 5 rings (SSSR count). The summed E-state index contributed by atoms with van der Waals surface area (Å²) in [6.45, 7) is 8.00. The average molecular weight is 446 g/mol. The number of pyridine rings is 1. The minimum atomic E-state index is 0.0285. The van der Waals surface area contributed by atoms with E-state index in [0.29, 0.717) is 0 Å². The average Bonchev–Trinajstić information content (AvgIpc) is 3.50. The fourth-order valence-electron chi connectivity index (χ4n) is 4.35. The molecule has 164 valence electrons. The normalized spacial score (nSPS) is 16.8. The van der Waals surface area contributed by atoms with Gasteiger partial charge in [-0.2, -0.15) is 0 Å². The van der Waals surface area contributed by atoms with Crippen molar-refractivity contribution in [1.82, 2.24) is 30.1 Å². The minimum Gasteiger partial charge on any atom is -0.354 e. The van der Waals surface area contributed by atoms with Gasteiger partial charge in [0.1, 0.15) is 11.9 Å². The van der Waals surface area contributed by atoms with E-state index in [4.69, 9.17) is 0 Å². The van der Waals surface area contributed by atoms with Crippen LogP contribution in [-0.4, -0.2) is 56.3 Å². The SMILES string of the molecule is Cc1ccc(C(c2nnnn2C(C)c2ccccc2)N2CCN(c3ccccn3)CC2)s1. The number of anilines is 1. The summed E-state index contributed by atoms with van der Waals surface area (Å²) in [6, 6.07) is 21.0. The van der Waals surface area contributed by atoms with Gasteiger partial charge >= 0.3 is 0 Å². The molecule has 1 aromatic carbocycles. The zero-order valence-electron chi connectivity index (χ0n) is 18.4. The van der Waals surface area contributed by atoms with E-state index in [1.807, 2.05) is 40.4 Å². The van der Waals surface area contributed by atoms with Gasteiger partial charge in [-0.25, -0.2) is 9.67 Å². The third-order valence-electron chi connectivity index (χ3n) is 6.09. The Labute approximate surface area is 192 Å². The molecule has 7 nitrogen and oxygen atoms in total. The molecule has 1 aliphatic heterocycles. The summed E-state index contributed by atoms with van der Waals surface area (Å²) < 4.78 is 1.99. The second kappa shape index (κ2) is 9.18. The summed E-state index contributed by atoms with van der Waals surface area (Å²) in [5.41, 5.74) is 1.20. The number of rotatable bonds is 6. The molecule has 1 aliphatic rings. The Hall–Kier alpha value is -3.10. The predicted octanol–water partition coefficient (Wildman–Crippen LogP) is 3.96. The van der Waals surface area contributed by atoms with Crippen molar-refractivity contribution in [3.05, 3.63) is 88.0 Å². The summed E-state index contributed by atoms with van der Waals surface area (Å²) >= 11 is 1.82. The Balaban J connectivity index is 1.44. The molecule has 0 spiro atoms. The quantitative estimate of drug-likeness (QED) is 0.448. The Morgan fingerprint density at radius 2 is 1.69 bits per heavy atom. The van der Waals surface area contributed by atoms with E-state index in [-0.39, 0.29) is 12.1 Å². The van der Waals surface area contributed by atoms with E-state index in [1.165, 1.54) is 15.3 Å². The topological polar surface area (TPSA) is 63.0 Å². The standard InChI is InChI=1S/C24H27N7S/c1-18-11-12-21(32-18)23(30-16-14-29(15-17-30)22-10-6-7-13-25-22)24-26-27-28-31(24)19(2)20-8-4-3-5-9-20/h3-13,19,23H,14-17H2,1-2H3. The molecular formula is C24H27N7S. The molecule has 0 aliphatic carbocycles. The summed E-state index contributed by atoms with van der Waals surface area (Å²) in [5.74, 6) is 1.94. The van der Waals surface area contributed by atoms with Crippen LogP contribution in [0.2, 0.25) is 0 Å². The lowest BCUT2D eigenvalue weighted by atomic mass is 10.1. The van der Waals surface area contributed by atoms with E-state index < -0.39 is 0 Å². The van der Waals surface area contributed by atoms with Crippen LogP contribution in [0, 0.1) is 6.92 Å². The zero-order valence-corrected chi connectivity index (χ0v) is 19.2. The fraction of sp³-hybridized carbons (Fsp3) is 0.333. The van der Waals surface area contributed by atoms with Crippen LogP contribution in [-0.2, 0) is 0 Å². The summed E-state index contributed by atoms with van der Waals surface area (Å²) in [6.07, 6.45) is 1.86. The number of hydrogen-bond donors (Lipinski definition) is 0. The molecule has 0 radical (unpaired) electrons. The highest BCUT2D eigenvalue weighted by molar-refractivity contribution is 7.12. The van der Waals surface area contributed by atoms with Crippen LogP contribution in [0.5, 0.6) is 0 Å². The van der Waals surface area contributed by atoms with Gasteiger partial charge in [0, 0.05) is 42.1 Å². The second-order valence-corrected chi connectivity index (χ2v) is 9.45. The molecule has 1 saturated heterocycles. The molecule has 0 saturated carbocycles. The monoisotopic (exact) mass is 445 g/mol. The highest BCUT2D eigenvalue weighted by atomic mass is 32.1. The van der Waals surface area contributed by atoms with Gasteiger partial charge in [-0.05, 0) is 54.1 Å². The maximum Gasteiger partial charge on any atom is 0.174 e. The van der Waals surface area contributed by atoms with Crippen molar-refractivity contribution >= 4 is 17.2 Å². The van der Waals surface area contributed by atoms with Crippen LogP contribution in [0.4, 0.5) is 5.82 Å².